The molecule has 0 radical (unpaired) electrons. The normalized spacial score (nSPS) is 31.9. The highest BCUT2D eigenvalue weighted by atomic mass is 19.4. The van der Waals surface area contributed by atoms with Crippen LogP contribution in [0, 0.1) is 0 Å². The third kappa shape index (κ3) is 1.29. The third-order valence-corrected chi connectivity index (χ3v) is 3.78. The number of aliphatic hydroxyl groups is 1. The van der Waals surface area contributed by atoms with E-state index in [9.17, 15) is 18.3 Å². The predicted octanol–water partition coefficient (Wildman–Crippen LogP) is 3.04. The Balaban J connectivity index is 2.06. The maximum absolute atomic E-state index is 12.5. The summed E-state index contributed by atoms with van der Waals surface area (Å²) in [6, 6.07) is 3.91. The van der Waals surface area contributed by atoms with Crippen molar-refractivity contribution in [2.45, 2.75) is 37.0 Å². The summed E-state index contributed by atoms with van der Waals surface area (Å²) in [5.74, 6) is 0.180. The van der Waals surface area contributed by atoms with Gasteiger partial charge in [0.1, 0.15) is 0 Å². The predicted molar refractivity (Wildman–Crippen MR) is 52.2 cm³/mol. The Morgan fingerprint density at radius 1 is 1.12 bits per heavy atom. The maximum Gasteiger partial charge on any atom is 0.416 e. The molecule has 0 heterocycles. The molecule has 0 spiro atoms. The number of hydrogen-bond donors (Lipinski definition) is 1. The molecule has 1 aromatic rings. The van der Waals surface area contributed by atoms with Crippen LogP contribution in [0.4, 0.5) is 13.2 Å². The lowest BCUT2D eigenvalue weighted by Crippen LogP contribution is -2.16. The molecule has 3 unspecified atom stereocenters. The minimum atomic E-state index is -4.27. The minimum Gasteiger partial charge on any atom is -0.392 e. The first-order chi connectivity index (χ1) is 7.47. The fourth-order valence-corrected chi connectivity index (χ4v) is 3.05. The number of halogens is 3. The number of aliphatic hydroxyl groups excluding tert-OH is 1. The average Bonchev–Trinajstić information content (AvgIpc) is 2.73. The second kappa shape index (κ2) is 3.00. The molecule has 0 aromatic heterocycles. The van der Waals surface area contributed by atoms with E-state index in [0.29, 0.717) is 6.42 Å². The molecular formula is C12H11F3O. The molecule has 1 N–H and O–H groups in total. The van der Waals surface area contributed by atoms with Crippen molar-refractivity contribution in [1.82, 2.24) is 0 Å². The van der Waals surface area contributed by atoms with Gasteiger partial charge < -0.3 is 5.11 Å². The smallest absolute Gasteiger partial charge is 0.392 e. The van der Waals surface area contributed by atoms with Crippen LogP contribution in [0.15, 0.2) is 18.2 Å². The van der Waals surface area contributed by atoms with E-state index in [2.05, 4.69) is 0 Å². The van der Waals surface area contributed by atoms with Gasteiger partial charge in [-0.25, -0.2) is 0 Å². The van der Waals surface area contributed by atoms with Gasteiger partial charge in [0.2, 0.25) is 0 Å². The van der Waals surface area contributed by atoms with Gasteiger partial charge in [-0.3, -0.25) is 0 Å². The van der Waals surface area contributed by atoms with Gasteiger partial charge in [-0.1, -0.05) is 6.07 Å². The van der Waals surface area contributed by atoms with Crippen molar-refractivity contribution in [2.24, 2.45) is 0 Å². The number of fused-ring (bicyclic) bond motifs is 5. The van der Waals surface area contributed by atoms with Crippen molar-refractivity contribution in [2.75, 3.05) is 0 Å². The molecule has 1 saturated carbocycles. The van der Waals surface area contributed by atoms with Crippen LogP contribution in [-0.4, -0.2) is 11.2 Å². The molecule has 3 atom stereocenters. The lowest BCUT2D eigenvalue weighted by Gasteiger charge is -2.21. The zero-order chi connectivity index (χ0) is 11.5. The van der Waals surface area contributed by atoms with E-state index < -0.39 is 11.7 Å². The van der Waals surface area contributed by atoms with Gasteiger partial charge >= 0.3 is 6.18 Å². The van der Waals surface area contributed by atoms with Gasteiger partial charge in [0, 0.05) is 5.92 Å². The Morgan fingerprint density at radius 3 is 2.56 bits per heavy atom. The summed E-state index contributed by atoms with van der Waals surface area (Å²) in [6.07, 6.45) is -3.22. The van der Waals surface area contributed by atoms with Crippen LogP contribution in [0.25, 0.3) is 0 Å². The number of alkyl halides is 3. The quantitative estimate of drug-likeness (QED) is 0.723. The Labute approximate surface area is 90.9 Å². The number of rotatable bonds is 0. The lowest BCUT2D eigenvalue weighted by atomic mass is 9.88. The van der Waals surface area contributed by atoms with Crippen molar-refractivity contribution < 1.29 is 18.3 Å². The van der Waals surface area contributed by atoms with Crippen LogP contribution >= 0.6 is 0 Å². The summed E-state index contributed by atoms with van der Waals surface area (Å²) < 4.78 is 37.6. The van der Waals surface area contributed by atoms with Crippen LogP contribution in [0.1, 0.15) is 41.4 Å². The number of benzene rings is 1. The first-order valence-corrected chi connectivity index (χ1v) is 5.36. The van der Waals surface area contributed by atoms with Crippen LogP contribution in [0.3, 0.4) is 0 Å². The molecule has 0 amide bonds. The van der Waals surface area contributed by atoms with E-state index in [1.54, 1.807) is 0 Å². The van der Waals surface area contributed by atoms with E-state index >= 15 is 0 Å². The molecule has 1 nitrogen and oxygen atoms in total. The molecule has 3 rings (SSSR count). The molecule has 2 aliphatic carbocycles. The Hall–Kier alpha value is -1.03. The molecule has 4 heteroatoms. The lowest BCUT2D eigenvalue weighted by molar-refractivity contribution is -0.137. The SMILES string of the molecule is OC1CC2CC1c1ccc(C(F)(F)F)cc12. The van der Waals surface area contributed by atoms with Crippen LogP contribution in [0.2, 0.25) is 0 Å². The second-order valence-electron chi connectivity index (χ2n) is 4.68. The molecular weight excluding hydrogens is 217 g/mol. The summed E-state index contributed by atoms with van der Waals surface area (Å²) >= 11 is 0. The van der Waals surface area contributed by atoms with Crippen molar-refractivity contribution in [3.05, 3.63) is 34.9 Å². The summed E-state index contributed by atoms with van der Waals surface area (Å²) in [4.78, 5) is 0. The van der Waals surface area contributed by atoms with E-state index in [0.717, 1.165) is 23.6 Å². The van der Waals surface area contributed by atoms with Gasteiger partial charge in [-0.2, -0.15) is 13.2 Å². The zero-order valence-corrected chi connectivity index (χ0v) is 8.46. The third-order valence-electron chi connectivity index (χ3n) is 3.78. The fourth-order valence-electron chi connectivity index (χ4n) is 3.05. The monoisotopic (exact) mass is 228 g/mol. The Bertz CT molecular complexity index is 438. The summed E-state index contributed by atoms with van der Waals surface area (Å²) in [5.41, 5.74) is 1.13. The molecule has 2 bridgehead atoms. The van der Waals surface area contributed by atoms with Crippen LogP contribution in [-0.2, 0) is 6.18 Å². The Kier molecular flexibility index (Phi) is 1.90. The highest BCUT2D eigenvalue weighted by Gasteiger charge is 2.44. The highest BCUT2D eigenvalue weighted by Crippen LogP contribution is 2.53. The standard InChI is InChI=1S/C12H11F3O/c13-12(14,15)7-1-2-8-9(5-7)6-3-10(8)11(16)4-6/h1-2,5-6,10-11,16H,3-4H2. The maximum atomic E-state index is 12.5. The van der Waals surface area contributed by atoms with Crippen molar-refractivity contribution in [3.8, 4) is 0 Å². The molecule has 0 saturated heterocycles. The first kappa shape index (κ1) is 10.1. The largest absolute Gasteiger partial charge is 0.416 e. The second-order valence-corrected chi connectivity index (χ2v) is 4.68. The molecule has 0 aliphatic heterocycles. The van der Waals surface area contributed by atoms with E-state index in [1.807, 2.05) is 0 Å². The van der Waals surface area contributed by atoms with Gasteiger partial charge in [-0.15, -0.1) is 0 Å². The van der Waals surface area contributed by atoms with Crippen LogP contribution < -0.4 is 0 Å². The summed E-state index contributed by atoms with van der Waals surface area (Å²) in [5, 5.41) is 9.67. The van der Waals surface area contributed by atoms with Crippen molar-refractivity contribution >= 4 is 0 Å². The van der Waals surface area contributed by atoms with Gasteiger partial charge in [0.15, 0.2) is 0 Å². The molecule has 1 aromatic carbocycles. The fraction of sp³-hybridized carbons (Fsp3) is 0.500. The van der Waals surface area contributed by atoms with Crippen molar-refractivity contribution in [3.63, 3.8) is 0 Å². The first-order valence-electron chi connectivity index (χ1n) is 5.36. The van der Waals surface area contributed by atoms with E-state index in [-0.39, 0.29) is 17.9 Å². The highest BCUT2D eigenvalue weighted by molar-refractivity contribution is 5.45. The van der Waals surface area contributed by atoms with E-state index in [4.69, 9.17) is 0 Å². The van der Waals surface area contributed by atoms with Gasteiger partial charge in [0.25, 0.3) is 0 Å². The van der Waals surface area contributed by atoms with Gasteiger partial charge in [0.05, 0.1) is 11.7 Å². The van der Waals surface area contributed by atoms with E-state index in [1.165, 1.54) is 12.1 Å². The summed E-state index contributed by atoms with van der Waals surface area (Å²) in [7, 11) is 0. The minimum absolute atomic E-state index is 0.0577. The molecule has 16 heavy (non-hydrogen) atoms. The van der Waals surface area contributed by atoms with Crippen LogP contribution in [0.5, 0.6) is 0 Å². The zero-order valence-electron chi connectivity index (χ0n) is 8.46. The van der Waals surface area contributed by atoms with Crippen molar-refractivity contribution in [1.29, 1.82) is 0 Å². The summed E-state index contributed by atoms with van der Waals surface area (Å²) in [6.45, 7) is 0. The van der Waals surface area contributed by atoms with Gasteiger partial charge in [-0.05, 0) is 42.0 Å². The average molecular weight is 228 g/mol. The molecule has 2 aliphatic rings. The topological polar surface area (TPSA) is 20.2 Å². The number of hydrogen-bond acceptors (Lipinski definition) is 1. The Morgan fingerprint density at radius 2 is 1.88 bits per heavy atom. The molecule has 86 valence electrons. The molecule has 1 fully saturated rings.